The van der Waals surface area contributed by atoms with Gasteiger partial charge in [-0.3, -0.25) is 4.79 Å². The molecule has 1 saturated heterocycles. The van der Waals surface area contributed by atoms with Crippen LogP contribution in [0.5, 0.6) is 0 Å². The Labute approximate surface area is 90.0 Å². The molecule has 0 spiro atoms. The molecule has 82 valence electrons. The van der Waals surface area contributed by atoms with Gasteiger partial charge in [-0.1, -0.05) is 6.92 Å². The van der Waals surface area contributed by atoms with Crippen LogP contribution >= 0.6 is 11.8 Å². The van der Waals surface area contributed by atoms with Gasteiger partial charge < -0.3 is 10.1 Å². The van der Waals surface area contributed by atoms with E-state index in [1.54, 1.807) is 0 Å². The molecule has 1 fully saturated rings. The van der Waals surface area contributed by atoms with Crippen LogP contribution < -0.4 is 5.32 Å². The van der Waals surface area contributed by atoms with Gasteiger partial charge in [-0.05, 0) is 18.6 Å². The maximum atomic E-state index is 10.9. The molecule has 1 N–H and O–H groups in total. The quantitative estimate of drug-likeness (QED) is 0.723. The van der Waals surface area contributed by atoms with Crippen molar-refractivity contribution in [1.82, 2.24) is 5.32 Å². The first kappa shape index (κ1) is 11.9. The molecule has 0 aliphatic carbocycles. The normalized spacial score (nSPS) is 27.3. The molecule has 14 heavy (non-hydrogen) atoms. The number of methoxy groups -OCH3 is 1. The van der Waals surface area contributed by atoms with Gasteiger partial charge in [-0.2, -0.15) is 11.8 Å². The maximum Gasteiger partial charge on any atom is 0.306 e. The summed E-state index contributed by atoms with van der Waals surface area (Å²) in [4.78, 5) is 10.9. The fourth-order valence-corrected chi connectivity index (χ4v) is 2.82. The van der Waals surface area contributed by atoms with Crippen molar-refractivity contribution in [2.24, 2.45) is 0 Å². The van der Waals surface area contributed by atoms with E-state index in [1.807, 2.05) is 11.8 Å². The predicted molar refractivity (Wildman–Crippen MR) is 59.6 cm³/mol. The van der Waals surface area contributed by atoms with Gasteiger partial charge >= 0.3 is 5.97 Å². The molecule has 0 aromatic heterocycles. The minimum atomic E-state index is -0.131. The van der Waals surface area contributed by atoms with Crippen molar-refractivity contribution in [3.63, 3.8) is 0 Å². The lowest BCUT2D eigenvalue weighted by Gasteiger charge is -2.29. The molecule has 0 saturated carbocycles. The first-order valence-corrected chi connectivity index (χ1v) is 6.20. The Balaban J connectivity index is 2.13. The highest BCUT2D eigenvalue weighted by molar-refractivity contribution is 7.99. The van der Waals surface area contributed by atoms with Crippen LogP contribution in [0.25, 0.3) is 0 Å². The van der Waals surface area contributed by atoms with Gasteiger partial charge in [-0.15, -0.1) is 0 Å². The van der Waals surface area contributed by atoms with Gasteiger partial charge in [0.2, 0.25) is 0 Å². The van der Waals surface area contributed by atoms with Gasteiger partial charge in [0.05, 0.1) is 13.5 Å². The molecule has 2 atom stereocenters. The van der Waals surface area contributed by atoms with E-state index < -0.39 is 0 Å². The number of carbonyl (C=O) groups excluding carboxylic acids is 1. The zero-order chi connectivity index (χ0) is 10.4. The second-order valence-electron chi connectivity index (χ2n) is 3.60. The van der Waals surface area contributed by atoms with Crippen LogP contribution in [-0.4, -0.2) is 36.7 Å². The molecule has 1 aliphatic rings. The number of carbonyl (C=O) groups is 1. The van der Waals surface area contributed by atoms with E-state index in [-0.39, 0.29) is 5.97 Å². The van der Waals surface area contributed by atoms with Crippen LogP contribution in [-0.2, 0) is 9.53 Å². The van der Waals surface area contributed by atoms with E-state index >= 15 is 0 Å². The highest BCUT2D eigenvalue weighted by Crippen LogP contribution is 2.24. The van der Waals surface area contributed by atoms with Crippen molar-refractivity contribution in [3.05, 3.63) is 0 Å². The highest BCUT2D eigenvalue weighted by Gasteiger charge is 2.20. The number of thioether (sulfide) groups is 1. The van der Waals surface area contributed by atoms with E-state index in [9.17, 15) is 4.79 Å². The Morgan fingerprint density at radius 2 is 2.43 bits per heavy atom. The van der Waals surface area contributed by atoms with Crippen molar-refractivity contribution in [2.45, 2.75) is 37.5 Å². The van der Waals surface area contributed by atoms with E-state index in [1.165, 1.54) is 25.7 Å². The Morgan fingerprint density at radius 3 is 3.07 bits per heavy atom. The number of nitrogens with one attached hydrogen (secondary N) is 1. The van der Waals surface area contributed by atoms with Gasteiger partial charge in [0.1, 0.15) is 0 Å². The largest absolute Gasteiger partial charge is 0.469 e. The minimum Gasteiger partial charge on any atom is -0.469 e. The lowest BCUT2D eigenvalue weighted by molar-refractivity contribution is -0.140. The van der Waals surface area contributed by atoms with Gasteiger partial charge in [0, 0.05) is 17.8 Å². The number of rotatable bonds is 4. The lowest BCUT2D eigenvalue weighted by Crippen LogP contribution is -2.40. The van der Waals surface area contributed by atoms with Crippen molar-refractivity contribution < 1.29 is 9.53 Å². The molecule has 4 heteroatoms. The molecular formula is C10H19NO2S. The molecule has 1 rings (SSSR count). The molecule has 0 aromatic rings. The second-order valence-corrected chi connectivity index (χ2v) is 5.09. The topological polar surface area (TPSA) is 38.3 Å². The van der Waals surface area contributed by atoms with Crippen LogP contribution in [0.3, 0.4) is 0 Å². The molecule has 0 aromatic carbocycles. The predicted octanol–water partition coefficient (Wildman–Crippen LogP) is 1.42. The molecule has 0 bridgehead atoms. The maximum absolute atomic E-state index is 10.9. The van der Waals surface area contributed by atoms with E-state index in [2.05, 4.69) is 17.0 Å². The van der Waals surface area contributed by atoms with Gasteiger partial charge in [0.25, 0.3) is 0 Å². The first-order chi connectivity index (χ1) is 6.74. The summed E-state index contributed by atoms with van der Waals surface area (Å²) < 4.78 is 4.58. The first-order valence-electron chi connectivity index (χ1n) is 5.16. The van der Waals surface area contributed by atoms with Crippen LogP contribution in [0.15, 0.2) is 0 Å². The van der Waals surface area contributed by atoms with Crippen molar-refractivity contribution in [2.75, 3.05) is 19.4 Å². The summed E-state index contributed by atoms with van der Waals surface area (Å²) in [6.07, 6.45) is 2.99. The highest BCUT2D eigenvalue weighted by atomic mass is 32.2. The minimum absolute atomic E-state index is 0.131. The summed E-state index contributed by atoms with van der Waals surface area (Å²) in [5.41, 5.74) is 0. The Bertz CT molecular complexity index is 187. The van der Waals surface area contributed by atoms with Crippen molar-refractivity contribution in [1.29, 1.82) is 0 Å². The number of esters is 1. The standard InChI is InChI=1S/C10H19NO2S/c1-8-9(4-3-7-14-8)11-6-5-10(12)13-2/h8-9,11H,3-7H2,1-2H3. The molecule has 0 amide bonds. The summed E-state index contributed by atoms with van der Waals surface area (Å²) in [6.45, 7) is 2.99. The van der Waals surface area contributed by atoms with Crippen molar-refractivity contribution in [3.8, 4) is 0 Å². The fourth-order valence-electron chi connectivity index (χ4n) is 1.65. The summed E-state index contributed by atoms with van der Waals surface area (Å²) in [6, 6.07) is 0.568. The molecule has 3 nitrogen and oxygen atoms in total. The third-order valence-corrected chi connectivity index (χ3v) is 3.95. The van der Waals surface area contributed by atoms with Crippen molar-refractivity contribution >= 4 is 17.7 Å². The van der Waals surface area contributed by atoms with Crippen LogP contribution in [0.4, 0.5) is 0 Å². The average Bonchev–Trinajstić information content (AvgIpc) is 2.20. The van der Waals surface area contributed by atoms with E-state index in [0.29, 0.717) is 17.7 Å². The van der Waals surface area contributed by atoms with E-state index in [4.69, 9.17) is 0 Å². The lowest BCUT2D eigenvalue weighted by atomic mass is 10.1. The third kappa shape index (κ3) is 3.88. The SMILES string of the molecule is COC(=O)CCNC1CCCSC1C. The molecule has 1 heterocycles. The number of ether oxygens (including phenoxy) is 1. The monoisotopic (exact) mass is 217 g/mol. The average molecular weight is 217 g/mol. The Hall–Kier alpha value is -0.220. The summed E-state index contributed by atoms with van der Waals surface area (Å²) in [5, 5.41) is 4.08. The van der Waals surface area contributed by atoms with Crippen LogP contribution in [0, 0.1) is 0 Å². The Kier molecular flexibility index (Phi) is 5.33. The summed E-state index contributed by atoms with van der Waals surface area (Å²) >= 11 is 2.01. The Morgan fingerprint density at radius 1 is 1.64 bits per heavy atom. The smallest absolute Gasteiger partial charge is 0.306 e. The summed E-state index contributed by atoms with van der Waals surface area (Å²) in [7, 11) is 1.43. The zero-order valence-electron chi connectivity index (χ0n) is 8.91. The third-order valence-electron chi connectivity index (χ3n) is 2.57. The fraction of sp³-hybridized carbons (Fsp3) is 0.900. The van der Waals surface area contributed by atoms with Gasteiger partial charge in [0.15, 0.2) is 0 Å². The molecular weight excluding hydrogens is 198 g/mol. The summed E-state index contributed by atoms with van der Waals surface area (Å²) in [5.74, 6) is 1.14. The molecule has 1 aliphatic heterocycles. The number of hydrogen-bond donors (Lipinski definition) is 1. The second kappa shape index (κ2) is 6.30. The van der Waals surface area contributed by atoms with Gasteiger partial charge in [-0.25, -0.2) is 0 Å². The molecule has 2 unspecified atom stereocenters. The zero-order valence-corrected chi connectivity index (χ0v) is 9.73. The number of hydrogen-bond acceptors (Lipinski definition) is 4. The van der Waals surface area contributed by atoms with E-state index in [0.717, 1.165) is 6.54 Å². The molecule has 0 radical (unpaired) electrons. The van der Waals surface area contributed by atoms with Crippen LogP contribution in [0.2, 0.25) is 0 Å². The van der Waals surface area contributed by atoms with Crippen LogP contribution in [0.1, 0.15) is 26.2 Å².